The Morgan fingerprint density at radius 1 is 1.40 bits per heavy atom. The fourth-order valence-electron chi connectivity index (χ4n) is 2.51. The lowest BCUT2D eigenvalue weighted by Gasteiger charge is -2.14. The van der Waals surface area contributed by atoms with Crippen molar-refractivity contribution in [3.05, 3.63) is 40.0 Å². The lowest BCUT2D eigenvalue weighted by molar-refractivity contribution is -0.384. The van der Waals surface area contributed by atoms with Crippen LogP contribution in [0.15, 0.2) is 29.8 Å². The van der Waals surface area contributed by atoms with Gasteiger partial charge in [-0.2, -0.15) is 0 Å². The van der Waals surface area contributed by atoms with Gasteiger partial charge in [0, 0.05) is 6.54 Å². The van der Waals surface area contributed by atoms with Crippen LogP contribution in [0.1, 0.15) is 32.1 Å². The first kappa shape index (κ1) is 14.4. The number of nitro groups is 1. The van der Waals surface area contributed by atoms with Gasteiger partial charge in [-0.15, -0.1) is 0 Å². The molecule has 2 rings (SSSR count). The number of hydrogen-bond donors (Lipinski definition) is 1. The summed E-state index contributed by atoms with van der Waals surface area (Å²) >= 11 is 0. The molecular weight excluding hydrogens is 256 g/mol. The molecule has 0 aliphatic heterocycles. The van der Waals surface area contributed by atoms with Gasteiger partial charge in [0.1, 0.15) is 5.69 Å². The Bertz CT molecular complexity index is 512. The van der Waals surface area contributed by atoms with E-state index in [4.69, 9.17) is 4.74 Å². The van der Waals surface area contributed by atoms with E-state index in [1.54, 1.807) is 18.2 Å². The predicted molar refractivity (Wildman–Crippen MR) is 79.3 cm³/mol. The second-order valence-electron chi connectivity index (χ2n) is 4.90. The Hall–Kier alpha value is -2.04. The number of nitro benzene ring substituents is 1. The number of nitrogens with one attached hydrogen (secondary N) is 1. The maximum absolute atomic E-state index is 11.1. The SMILES string of the molecule is COc1cccc(NCCC2=CCCCC2)c1[N+](=O)[O-]. The fraction of sp³-hybridized carbons (Fsp3) is 0.467. The molecule has 0 bridgehead atoms. The maximum atomic E-state index is 11.1. The molecule has 0 radical (unpaired) electrons. The molecule has 0 saturated carbocycles. The third-order valence-electron chi connectivity index (χ3n) is 3.55. The van der Waals surface area contributed by atoms with E-state index < -0.39 is 4.92 Å². The molecule has 0 spiro atoms. The summed E-state index contributed by atoms with van der Waals surface area (Å²) in [5.74, 6) is 0.289. The van der Waals surface area contributed by atoms with Gasteiger partial charge in [0.15, 0.2) is 5.75 Å². The first-order valence-electron chi connectivity index (χ1n) is 6.95. The highest BCUT2D eigenvalue weighted by atomic mass is 16.6. The van der Waals surface area contributed by atoms with Gasteiger partial charge in [0.05, 0.1) is 12.0 Å². The van der Waals surface area contributed by atoms with Crippen molar-refractivity contribution in [3.63, 3.8) is 0 Å². The Morgan fingerprint density at radius 3 is 2.90 bits per heavy atom. The van der Waals surface area contributed by atoms with Crippen LogP contribution in [0.2, 0.25) is 0 Å². The van der Waals surface area contributed by atoms with Gasteiger partial charge in [-0.3, -0.25) is 10.1 Å². The predicted octanol–water partition coefficient (Wildman–Crippen LogP) is 3.91. The average Bonchev–Trinajstić information content (AvgIpc) is 2.47. The van der Waals surface area contributed by atoms with E-state index >= 15 is 0 Å². The molecule has 1 aliphatic carbocycles. The first-order chi connectivity index (χ1) is 9.72. The topological polar surface area (TPSA) is 64.4 Å². The molecule has 5 heteroatoms. The summed E-state index contributed by atoms with van der Waals surface area (Å²) in [6, 6.07) is 5.08. The Morgan fingerprint density at radius 2 is 2.25 bits per heavy atom. The van der Waals surface area contributed by atoms with Crippen LogP contribution in [0.3, 0.4) is 0 Å². The normalized spacial score (nSPS) is 14.6. The van der Waals surface area contributed by atoms with E-state index in [0.717, 1.165) is 19.3 Å². The lowest BCUT2D eigenvalue weighted by Crippen LogP contribution is -2.07. The molecule has 0 amide bonds. The molecule has 0 fully saturated rings. The third kappa shape index (κ3) is 3.50. The Balaban J connectivity index is 2.01. The summed E-state index contributed by atoms with van der Waals surface area (Å²) in [7, 11) is 1.44. The molecule has 0 atom stereocenters. The second kappa shape index (κ2) is 6.93. The minimum Gasteiger partial charge on any atom is -0.490 e. The molecule has 0 saturated heterocycles. The number of rotatable bonds is 6. The minimum absolute atomic E-state index is 0.00706. The summed E-state index contributed by atoms with van der Waals surface area (Å²) in [4.78, 5) is 10.7. The highest BCUT2D eigenvalue weighted by molar-refractivity contribution is 5.68. The van der Waals surface area contributed by atoms with E-state index in [9.17, 15) is 10.1 Å². The molecule has 0 unspecified atom stereocenters. The van der Waals surface area contributed by atoms with Crippen LogP contribution < -0.4 is 10.1 Å². The van der Waals surface area contributed by atoms with Gasteiger partial charge in [-0.05, 0) is 44.2 Å². The van der Waals surface area contributed by atoms with E-state index in [0.29, 0.717) is 12.2 Å². The summed E-state index contributed by atoms with van der Waals surface area (Å²) in [5.41, 5.74) is 1.98. The van der Waals surface area contributed by atoms with Crippen LogP contribution in [0.25, 0.3) is 0 Å². The van der Waals surface area contributed by atoms with Crippen LogP contribution in [-0.4, -0.2) is 18.6 Å². The van der Waals surface area contributed by atoms with Gasteiger partial charge in [-0.25, -0.2) is 0 Å². The molecule has 1 aliphatic rings. The smallest absolute Gasteiger partial charge is 0.333 e. The van der Waals surface area contributed by atoms with Gasteiger partial charge in [0.2, 0.25) is 0 Å². The molecule has 0 aromatic heterocycles. The summed E-state index contributed by atoms with van der Waals surface area (Å²) < 4.78 is 5.05. The van der Waals surface area contributed by atoms with E-state index in [2.05, 4.69) is 11.4 Å². The highest BCUT2D eigenvalue weighted by Gasteiger charge is 2.20. The molecule has 1 aromatic rings. The number of allylic oxidation sites excluding steroid dienone is 1. The molecular formula is C15H20N2O3. The van der Waals surface area contributed by atoms with Crippen molar-refractivity contribution < 1.29 is 9.66 Å². The molecule has 0 heterocycles. The van der Waals surface area contributed by atoms with Crippen molar-refractivity contribution in [2.75, 3.05) is 19.0 Å². The molecule has 108 valence electrons. The zero-order valence-electron chi connectivity index (χ0n) is 11.7. The van der Waals surface area contributed by atoms with Gasteiger partial charge in [0.25, 0.3) is 0 Å². The highest BCUT2D eigenvalue weighted by Crippen LogP contribution is 2.34. The zero-order valence-corrected chi connectivity index (χ0v) is 11.7. The second-order valence-corrected chi connectivity index (χ2v) is 4.90. The van der Waals surface area contributed by atoms with Gasteiger partial charge < -0.3 is 10.1 Å². The third-order valence-corrected chi connectivity index (χ3v) is 3.55. The van der Waals surface area contributed by atoms with Crippen molar-refractivity contribution in [2.45, 2.75) is 32.1 Å². The fourth-order valence-corrected chi connectivity index (χ4v) is 2.51. The van der Waals surface area contributed by atoms with Crippen LogP contribution >= 0.6 is 0 Å². The Kier molecular flexibility index (Phi) is 4.98. The quantitative estimate of drug-likeness (QED) is 0.486. The van der Waals surface area contributed by atoms with Crippen molar-refractivity contribution in [1.82, 2.24) is 0 Å². The summed E-state index contributed by atoms with van der Waals surface area (Å²) in [6.07, 6.45) is 8.08. The minimum atomic E-state index is -0.402. The first-order valence-corrected chi connectivity index (χ1v) is 6.95. The number of anilines is 1. The number of ether oxygens (including phenoxy) is 1. The Labute approximate surface area is 118 Å². The van der Waals surface area contributed by atoms with Crippen molar-refractivity contribution in [3.8, 4) is 5.75 Å². The van der Waals surface area contributed by atoms with Gasteiger partial charge >= 0.3 is 5.69 Å². The summed E-state index contributed by atoms with van der Waals surface area (Å²) in [6.45, 7) is 0.708. The van der Waals surface area contributed by atoms with Crippen LogP contribution in [-0.2, 0) is 0 Å². The largest absolute Gasteiger partial charge is 0.490 e. The maximum Gasteiger partial charge on any atom is 0.333 e. The lowest BCUT2D eigenvalue weighted by atomic mass is 9.97. The zero-order chi connectivity index (χ0) is 14.4. The number of para-hydroxylation sites is 1. The van der Waals surface area contributed by atoms with Crippen molar-refractivity contribution in [1.29, 1.82) is 0 Å². The van der Waals surface area contributed by atoms with Crippen molar-refractivity contribution in [2.24, 2.45) is 0 Å². The number of methoxy groups -OCH3 is 1. The van der Waals surface area contributed by atoms with E-state index in [1.165, 1.54) is 25.5 Å². The van der Waals surface area contributed by atoms with Gasteiger partial charge in [-0.1, -0.05) is 17.7 Å². The van der Waals surface area contributed by atoms with Crippen LogP contribution in [0.4, 0.5) is 11.4 Å². The van der Waals surface area contributed by atoms with Crippen LogP contribution in [0, 0.1) is 10.1 Å². The summed E-state index contributed by atoms with van der Waals surface area (Å²) in [5, 5.41) is 14.3. The molecule has 1 aromatic carbocycles. The molecule has 5 nitrogen and oxygen atoms in total. The number of nitrogens with zero attached hydrogens (tertiary/aromatic N) is 1. The van der Waals surface area contributed by atoms with E-state index in [-0.39, 0.29) is 11.4 Å². The van der Waals surface area contributed by atoms with E-state index in [1.807, 2.05) is 0 Å². The standard InChI is InChI=1S/C15H20N2O3/c1-20-14-9-5-8-13(15(14)17(18)19)16-11-10-12-6-3-2-4-7-12/h5-6,8-9,16H,2-4,7,10-11H2,1H3. The monoisotopic (exact) mass is 276 g/mol. The molecule has 20 heavy (non-hydrogen) atoms. The van der Waals surface area contributed by atoms with Crippen molar-refractivity contribution >= 4 is 11.4 Å². The van der Waals surface area contributed by atoms with Crippen LogP contribution in [0.5, 0.6) is 5.75 Å². The average molecular weight is 276 g/mol. The number of benzene rings is 1. The number of hydrogen-bond acceptors (Lipinski definition) is 4. The molecule has 1 N–H and O–H groups in total.